The number of carbonyl (C=O) groups excluding carboxylic acids is 1. The fraction of sp³-hybridized carbons (Fsp3) is 0.273. The summed E-state index contributed by atoms with van der Waals surface area (Å²) in [7, 11) is 1.56. The number of carboxylic acid groups (broad SMARTS) is 1. The third-order valence-corrected chi connectivity index (χ3v) is 3.06. The summed E-state index contributed by atoms with van der Waals surface area (Å²) in [5.41, 5.74) is 0. The van der Waals surface area contributed by atoms with Crippen molar-refractivity contribution in [3.63, 3.8) is 0 Å². The monoisotopic (exact) mass is 240 g/mol. The van der Waals surface area contributed by atoms with Gasteiger partial charge in [0, 0.05) is 4.90 Å². The minimum Gasteiger partial charge on any atom is -0.497 e. The molecule has 0 saturated heterocycles. The Morgan fingerprint density at radius 3 is 2.31 bits per heavy atom. The van der Waals surface area contributed by atoms with Crippen molar-refractivity contribution in [2.45, 2.75) is 11.8 Å². The molecule has 16 heavy (non-hydrogen) atoms. The van der Waals surface area contributed by atoms with Crippen LogP contribution in [-0.4, -0.2) is 23.3 Å². The molecule has 0 fully saturated rings. The molecule has 0 amide bonds. The normalized spacial score (nSPS) is 11.9. The van der Waals surface area contributed by atoms with E-state index in [0.717, 1.165) is 11.8 Å². The smallest absolute Gasteiger partial charge is 0.314 e. The van der Waals surface area contributed by atoms with E-state index in [1.807, 2.05) is 0 Å². The minimum absolute atomic E-state index is 0.377. The summed E-state index contributed by atoms with van der Waals surface area (Å²) in [6.07, 6.45) is 0. The summed E-state index contributed by atoms with van der Waals surface area (Å²) in [5.74, 6) is -1.40. The topological polar surface area (TPSA) is 63.6 Å². The number of benzene rings is 1. The highest BCUT2D eigenvalue weighted by atomic mass is 32.2. The summed E-state index contributed by atoms with van der Waals surface area (Å²) >= 11 is 0.924. The number of carbonyl (C=O) groups is 2. The van der Waals surface area contributed by atoms with Crippen LogP contribution in [0.25, 0.3) is 0 Å². The maximum atomic E-state index is 11.5. The Kier molecular flexibility index (Phi) is 4.37. The van der Waals surface area contributed by atoms with Crippen LogP contribution in [0.5, 0.6) is 5.75 Å². The molecule has 1 aromatic rings. The third-order valence-electron chi connectivity index (χ3n) is 2.00. The molecule has 1 unspecified atom stereocenters. The standard InChI is InChI=1S/C11H12O4S/c1-7(10(12)13)11(14)16-9-5-3-8(15-2)4-6-9/h3-7H,1-2H3,(H,12,13). The van der Waals surface area contributed by atoms with Gasteiger partial charge in [0.15, 0.2) is 0 Å². The molecule has 1 aromatic carbocycles. The maximum Gasteiger partial charge on any atom is 0.314 e. The second-order valence-corrected chi connectivity index (χ2v) is 4.23. The first kappa shape index (κ1) is 12.6. The van der Waals surface area contributed by atoms with Gasteiger partial charge in [-0.2, -0.15) is 0 Å². The predicted octanol–water partition coefficient (Wildman–Crippen LogP) is 2.03. The summed E-state index contributed by atoms with van der Waals surface area (Å²) in [4.78, 5) is 22.7. The third kappa shape index (κ3) is 3.27. The first-order chi connectivity index (χ1) is 7.54. The van der Waals surface area contributed by atoms with Gasteiger partial charge in [-0.1, -0.05) is 11.8 Å². The molecular weight excluding hydrogens is 228 g/mol. The van der Waals surface area contributed by atoms with Crippen LogP contribution in [-0.2, 0) is 9.59 Å². The molecule has 0 heterocycles. The highest BCUT2D eigenvalue weighted by Crippen LogP contribution is 2.24. The van der Waals surface area contributed by atoms with Crippen molar-refractivity contribution in [3.05, 3.63) is 24.3 Å². The number of rotatable bonds is 4. The van der Waals surface area contributed by atoms with Crippen molar-refractivity contribution in [1.82, 2.24) is 0 Å². The van der Waals surface area contributed by atoms with Crippen molar-refractivity contribution < 1.29 is 19.4 Å². The fourth-order valence-corrected chi connectivity index (χ4v) is 1.73. The summed E-state index contributed by atoms with van der Waals surface area (Å²) < 4.78 is 4.97. The molecule has 4 nitrogen and oxygen atoms in total. The van der Waals surface area contributed by atoms with Gasteiger partial charge in [-0.3, -0.25) is 9.59 Å². The van der Waals surface area contributed by atoms with Crippen molar-refractivity contribution in [3.8, 4) is 5.75 Å². The first-order valence-corrected chi connectivity index (χ1v) is 5.45. The average molecular weight is 240 g/mol. The molecular formula is C11H12O4S. The van der Waals surface area contributed by atoms with Crippen LogP contribution in [0, 0.1) is 5.92 Å². The van der Waals surface area contributed by atoms with Crippen LogP contribution >= 0.6 is 11.8 Å². The molecule has 86 valence electrons. The molecule has 0 aliphatic heterocycles. The number of methoxy groups -OCH3 is 1. The first-order valence-electron chi connectivity index (χ1n) is 4.63. The molecule has 1 rings (SSSR count). The van der Waals surface area contributed by atoms with Gasteiger partial charge < -0.3 is 9.84 Å². The fourth-order valence-electron chi connectivity index (χ4n) is 0.949. The van der Waals surface area contributed by atoms with Crippen molar-refractivity contribution in [2.75, 3.05) is 7.11 Å². The van der Waals surface area contributed by atoms with E-state index in [1.165, 1.54) is 6.92 Å². The van der Waals surface area contributed by atoms with Gasteiger partial charge in [-0.15, -0.1) is 0 Å². The molecule has 0 aromatic heterocycles. The van der Waals surface area contributed by atoms with E-state index in [-0.39, 0.29) is 5.12 Å². The lowest BCUT2D eigenvalue weighted by atomic mass is 10.2. The lowest BCUT2D eigenvalue weighted by molar-refractivity contribution is -0.143. The largest absolute Gasteiger partial charge is 0.497 e. The number of thioether (sulfide) groups is 1. The quantitative estimate of drug-likeness (QED) is 0.644. The van der Waals surface area contributed by atoms with Crippen LogP contribution in [0.1, 0.15) is 6.92 Å². The second-order valence-electron chi connectivity index (χ2n) is 3.16. The van der Waals surface area contributed by atoms with Gasteiger partial charge >= 0.3 is 5.97 Å². The highest BCUT2D eigenvalue weighted by molar-refractivity contribution is 8.13. The Hall–Kier alpha value is -1.49. The Balaban J connectivity index is 2.66. The zero-order chi connectivity index (χ0) is 12.1. The molecule has 1 N–H and O–H groups in total. The number of hydrogen-bond acceptors (Lipinski definition) is 4. The van der Waals surface area contributed by atoms with Gasteiger partial charge in [-0.25, -0.2) is 0 Å². The Labute approximate surface area is 97.6 Å². The van der Waals surface area contributed by atoms with Gasteiger partial charge in [0.2, 0.25) is 5.12 Å². The molecule has 0 aliphatic carbocycles. The predicted molar refractivity (Wildman–Crippen MR) is 60.7 cm³/mol. The molecule has 5 heteroatoms. The Bertz CT molecular complexity index is 385. The molecule has 0 spiro atoms. The van der Waals surface area contributed by atoms with Crippen molar-refractivity contribution >= 4 is 22.8 Å². The van der Waals surface area contributed by atoms with E-state index >= 15 is 0 Å². The lowest BCUT2D eigenvalue weighted by Gasteiger charge is -2.05. The van der Waals surface area contributed by atoms with E-state index in [1.54, 1.807) is 31.4 Å². The summed E-state index contributed by atoms with van der Waals surface area (Å²) in [5, 5.41) is 8.28. The molecule has 0 bridgehead atoms. The van der Waals surface area contributed by atoms with E-state index in [0.29, 0.717) is 10.6 Å². The van der Waals surface area contributed by atoms with Gasteiger partial charge in [-0.05, 0) is 31.2 Å². The van der Waals surface area contributed by atoms with Gasteiger partial charge in [0.25, 0.3) is 0 Å². The van der Waals surface area contributed by atoms with Crippen LogP contribution in [0.4, 0.5) is 0 Å². The molecule has 0 radical (unpaired) electrons. The van der Waals surface area contributed by atoms with Crippen LogP contribution in [0.2, 0.25) is 0 Å². The average Bonchev–Trinajstić information content (AvgIpc) is 2.28. The molecule has 0 saturated carbocycles. The number of carboxylic acids is 1. The number of hydrogen-bond donors (Lipinski definition) is 1. The summed E-state index contributed by atoms with van der Waals surface area (Å²) in [6, 6.07) is 6.88. The highest BCUT2D eigenvalue weighted by Gasteiger charge is 2.21. The minimum atomic E-state index is -1.11. The number of aliphatic carboxylic acids is 1. The van der Waals surface area contributed by atoms with Gasteiger partial charge in [0.05, 0.1) is 7.11 Å². The zero-order valence-electron chi connectivity index (χ0n) is 8.97. The Morgan fingerprint density at radius 2 is 1.88 bits per heavy atom. The van der Waals surface area contributed by atoms with E-state index in [4.69, 9.17) is 9.84 Å². The second kappa shape index (κ2) is 5.55. The maximum absolute atomic E-state index is 11.5. The summed E-state index contributed by atoms with van der Waals surface area (Å²) in [6.45, 7) is 1.38. The van der Waals surface area contributed by atoms with Crippen LogP contribution < -0.4 is 4.74 Å². The van der Waals surface area contributed by atoms with Crippen molar-refractivity contribution in [2.24, 2.45) is 5.92 Å². The SMILES string of the molecule is COc1ccc(SC(=O)C(C)C(=O)O)cc1. The molecule has 1 atom stereocenters. The zero-order valence-corrected chi connectivity index (χ0v) is 9.78. The van der Waals surface area contributed by atoms with E-state index in [2.05, 4.69) is 0 Å². The van der Waals surface area contributed by atoms with E-state index in [9.17, 15) is 9.59 Å². The van der Waals surface area contributed by atoms with E-state index < -0.39 is 11.9 Å². The lowest BCUT2D eigenvalue weighted by Crippen LogP contribution is -2.17. The van der Waals surface area contributed by atoms with Gasteiger partial charge in [0.1, 0.15) is 11.7 Å². The number of ether oxygens (including phenoxy) is 1. The van der Waals surface area contributed by atoms with Crippen LogP contribution in [0.3, 0.4) is 0 Å². The Morgan fingerprint density at radius 1 is 1.31 bits per heavy atom. The molecule has 0 aliphatic rings. The van der Waals surface area contributed by atoms with Crippen molar-refractivity contribution in [1.29, 1.82) is 0 Å². The van der Waals surface area contributed by atoms with Crippen LogP contribution in [0.15, 0.2) is 29.2 Å².